The Labute approximate surface area is 105 Å². The van der Waals surface area contributed by atoms with E-state index < -0.39 is 10.0 Å². The predicted molar refractivity (Wildman–Crippen MR) is 70.5 cm³/mol. The first-order valence-electron chi connectivity index (χ1n) is 5.41. The molecular weight excluding hydrogens is 252 g/mol. The number of rotatable bonds is 2. The van der Waals surface area contributed by atoms with E-state index >= 15 is 0 Å². The maximum Gasteiger partial charge on any atom is 0.286 e. The van der Waals surface area contributed by atoms with E-state index in [4.69, 9.17) is 11.1 Å². The fourth-order valence-electron chi connectivity index (χ4n) is 1.60. The van der Waals surface area contributed by atoms with Crippen molar-refractivity contribution < 1.29 is 8.42 Å². The summed E-state index contributed by atoms with van der Waals surface area (Å²) < 4.78 is 27.8. The summed E-state index contributed by atoms with van der Waals surface area (Å²) in [4.78, 5) is 0.0552. The summed E-state index contributed by atoms with van der Waals surface area (Å²) in [6, 6.07) is 4.56. The third kappa shape index (κ3) is 2.08. The first kappa shape index (κ1) is 12.6. The number of nitrogen functional groups attached to an aromatic ring is 1. The van der Waals surface area contributed by atoms with Gasteiger partial charge in [0.05, 0.1) is 5.69 Å². The van der Waals surface area contributed by atoms with E-state index in [1.54, 1.807) is 12.1 Å². The summed E-state index contributed by atoms with van der Waals surface area (Å²) in [7, 11) is -3.72. The number of amidine groups is 2. The minimum absolute atomic E-state index is 0.0135. The minimum Gasteiger partial charge on any atom is -0.384 e. The molecule has 0 saturated heterocycles. The Hall–Kier alpha value is -1.89. The Bertz CT molecular complexity index is 647. The van der Waals surface area contributed by atoms with Crippen molar-refractivity contribution in [3.8, 4) is 0 Å². The zero-order chi connectivity index (χ0) is 13.5. The van der Waals surface area contributed by atoms with E-state index in [9.17, 15) is 8.42 Å². The number of hydrogen-bond donors (Lipinski definition) is 3. The summed E-state index contributed by atoms with van der Waals surface area (Å²) in [6.07, 6.45) is 0. The van der Waals surface area contributed by atoms with Gasteiger partial charge in [0.1, 0.15) is 16.6 Å². The second-order valence-corrected chi connectivity index (χ2v) is 5.93. The Balaban J connectivity index is 2.60. The molecule has 1 aromatic rings. The van der Waals surface area contributed by atoms with E-state index in [0.717, 1.165) is 0 Å². The highest BCUT2D eigenvalue weighted by Crippen LogP contribution is 2.29. The van der Waals surface area contributed by atoms with Gasteiger partial charge in [0.25, 0.3) is 10.0 Å². The zero-order valence-electron chi connectivity index (χ0n) is 10.1. The van der Waals surface area contributed by atoms with Crippen molar-refractivity contribution in [1.29, 1.82) is 5.41 Å². The molecule has 0 radical (unpaired) electrons. The summed E-state index contributed by atoms with van der Waals surface area (Å²) in [6.45, 7) is 3.71. The van der Waals surface area contributed by atoms with Crippen molar-refractivity contribution in [1.82, 2.24) is 0 Å². The smallest absolute Gasteiger partial charge is 0.286 e. The molecule has 0 amide bonds. The first-order valence-corrected chi connectivity index (χ1v) is 6.85. The van der Waals surface area contributed by atoms with E-state index in [0.29, 0.717) is 17.1 Å². The van der Waals surface area contributed by atoms with Gasteiger partial charge in [0.2, 0.25) is 0 Å². The van der Waals surface area contributed by atoms with E-state index in [-0.39, 0.29) is 16.6 Å². The zero-order valence-corrected chi connectivity index (χ0v) is 10.9. The van der Waals surface area contributed by atoms with Crippen molar-refractivity contribution >= 4 is 27.4 Å². The average Bonchev–Trinajstić information content (AvgIpc) is 2.27. The van der Waals surface area contributed by atoms with E-state index in [1.807, 2.05) is 13.8 Å². The summed E-state index contributed by atoms with van der Waals surface area (Å²) in [5.74, 6) is 0.227. The van der Waals surface area contributed by atoms with Crippen LogP contribution < -0.4 is 11.1 Å². The van der Waals surface area contributed by atoms with Crippen LogP contribution in [0.3, 0.4) is 0 Å². The molecule has 2 rings (SSSR count). The van der Waals surface area contributed by atoms with Crippen LogP contribution in [0.1, 0.15) is 19.4 Å². The summed E-state index contributed by atoms with van der Waals surface area (Å²) >= 11 is 0. The average molecular weight is 266 g/mol. The molecule has 0 spiro atoms. The lowest BCUT2D eigenvalue weighted by molar-refractivity contribution is 0.597. The quantitative estimate of drug-likeness (QED) is 0.551. The van der Waals surface area contributed by atoms with E-state index in [1.165, 1.54) is 6.07 Å². The van der Waals surface area contributed by atoms with Crippen molar-refractivity contribution in [2.75, 3.05) is 5.32 Å². The van der Waals surface area contributed by atoms with Crippen LogP contribution in [0.2, 0.25) is 0 Å². The Morgan fingerprint density at radius 2 is 2.11 bits per heavy atom. The lowest BCUT2D eigenvalue weighted by Crippen LogP contribution is -2.26. The third-order valence-electron chi connectivity index (χ3n) is 2.60. The van der Waals surface area contributed by atoms with Crippen molar-refractivity contribution in [3.63, 3.8) is 0 Å². The van der Waals surface area contributed by atoms with Gasteiger partial charge in [0, 0.05) is 11.5 Å². The third-order valence-corrected chi connectivity index (χ3v) is 3.93. The van der Waals surface area contributed by atoms with Gasteiger partial charge in [-0.1, -0.05) is 13.8 Å². The molecule has 0 aromatic heterocycles. The Morgan fingerprint density at radius 1 is 1.44 bits per heavy atom. The second kappa shape index (κ2) is 4.09. The maximum atomic E-state index is 12.0. The molecular formula is C11H14N4O2S. The number of hydrogen-bond acceptors (Lipinski definition) is 4. The molecule has 7 heteroatoms. The second-order valence-electron chi connectivity index (χ2n) is 4.36. The Kier molecular flexibility index (Phi) is 2.86. The van der Waals surface area contributed by atoms with Crippen LogP contribution >= 0.6 is 0 Å². The maximum absolute atomic E-state index is 12.0. The van der Waals surface area contributed by atoms with Crippen molar-refractivity contribution in [2.24, 2.45) is 16.0 Å². The lowest BCUT2D eigenvalue weighted by Gasteiger charge is -2.20. The molecule has 1 heterocycles. The van der Waals surface area contributed by atoms with Crippen LogP contribution in [0.4, 0.5) is 5.69 Å². The topological polar surface area (TPSA) is 108 Å². The number of anilines is 1. The van der Waals surface area contributed by atoms with Gasteiger partial charge in [-0.2, -0.15) is 8.42 Å². The summed E-state index contributed by atoms with van der Waals surface area (Å²) in [5, 5.41) is 10.3. The van der Waals surface area contributed by atoms with Crippen LogP contribution in [0.5, 0.6) is 0 Å². The summed E-state index contributed by atoms with van der Waals surface area (Å²) in [5.41, 5.74) is 6.18. The number of nitrogens with zero attached hydrogens (tertiary/aromatic N) is 1. The molecule has 0 fully saturated rings. The van der Waals surface area contributed by atoms with Gasteiger partial charge in [-0.3, -0.25) is 5.41 Å². The largest absolute Gasteiger partial charge is 0.384 e. The van der Waals surface area contributed by atoms with Crippen LogP contribution in [0.25, 0.3) is 0 Å². The fraction of sp³-hybridized carbons (Fsp3) is 0.273. The number of fused-ring (bicyclic) bond motifs is 1. The predicted octanol–water partition coefficient (Wildman–Crippen LogP) is 1.14. The highest BCUT2D eigenvalue weighted by atomic mass is 32.2. The lowest BCUT2D eigenvalue weighted by atomic mass is 10.1. The molecule has 4 N–H and O–H groups in total. The molecule has 0 bridgehead atoms. The minimum atomic E-state index is -3.72. The monoisotopic (exact) mass is 266 g/mol. The molecule has 1 aromatic carbocycles. The highest BCUT2D eigenvalue weighted by molar-refractivity contribution is 7.90. The first-order chi connectivity index (χ1) is 8.31. The van der Waals surface area contributed by atoms with Gasteiger partial charge in [-0.15, -0.1) is 4.40 Å². The molecule has 0 unspecified atom stereocenters. The molecule has 96 valence electrons. The van der Waals surface area contributed by atoms with Crippen molar-refractivity contribution in [3.05, 3.63) is 23.8 Å². The molecule has 0 atom stereocenters. The van der Waals surface area contributed by atoms with Crippen LogP contribution in [-0.4, -0.2) is 20.1 Å². The normalized spacial score (nSPS) is 16.7. The number of nitrogens with two attached hydrogens (primary N) is 1. The molecule has 0 aliphatic carbocycles. The van der Waals surface area contributed by atoms with Gasteiger partial charge < -0.3 is 11.1 Å². The van der Waals surface area contributed by atoms with Crippen molar-refractivity contribution in [2.45, 2.75) is 18.7 Å². The Morgan fingerprint density at radius 3 is 2.67 bits per heavy atom. The highest BCUT2D eigenvalue weighted by Gasteiger charge is 2.26. The molecule has 1 aliphatic rings. The fourth-order valence-corrected chi connectivity index (χ4v) is 2.88. The van der Waals surface area contributed by atoms with Gasteiger partial charge in [-0.05, 0) is 18.2 Å². The van der Waals surface area contributed by atoms with Crippen LogP contribution in [0, 0.1) is 11.3 Å². The number of nitrogens with one attached hydrogen (secondary N) is 2. The van der Waals surface area contributed by atoms with Gasteiger partial charge in [0.15, 0.2) is 0 Å². The molecule has 18 heavy (non-hydrogen) atoms. The number of benzene rings is 1. The standard InChI is InChI=1S/C11H14N4O2S/c1-6(2)11-14-8-4-3-7(10(12)13)5-9(8)18(16,17)15-11/h3-6H,1-2H3,(H3,12,13)(H,14,15). The molecule has 0 saturated carbocycles. The SMILES string of the molecule is CC(C)C1=NS(=O)(=O)c2cc(C(=N)N)ccc2N1. The number of sulfonamides is 1. The van der Waals surface area contributed by atoms with E-state index in [2.05, 4.69) is 9.71 Å². The van der Waals surface area contributed by atoms with Gasteiger partial charge >= 0.3 is 0 Å². The van der Waals surface area contributed by atoms with Crippen LogP contribution in [0.15, 0.2) is 27.5 Å². The van der Waals surface area contributed by atoms with Gasteiger partial charge in [-0.25, -0.2) is 0 Å². The molecule has 6 nitrogen and oxygen atoms in total. The molecule has 1 aliphatic heterocycles. The van der Waals surface area contributed by atoms with Crippen LogP contribution in [-0.2, 0) is 10.0 Å².